The third-order valence-corrected chi connectivity index (χ3v) is 7.18. The fourth-order valence-corrected chi connectivity index (χ4v) is 5.00. The molecule has 0 radical (unpaired) electrons. The van der Waals surface area contributed by atoms with Gasteiger partial charge in [-0.1, -0.05) is 35.3 Å². The summed E-state index contributed by atoms with van der Waals surface area (Å²) < 4.78 is 37.0. The largest absolute Gasteiger partial charge is 0.467 e. The van der Waals surface area contributed by atoms with E-state index in [2.05, 4.69) is 5.32 Å². The van der Waals surface area contributed by atoms with Gasteiger partial charge in [0.05, 0.1) is 29.9 Å². The SMILES string of the molecule is CC(=O)Nc1ccc(S(=O)(=O)Oc2ccc(Cl)cc2CN(Cc2ccco2)C(=O)c2ccccc2Cl)cc1. The van der Waals surface area contributed by atoms with Gasteiger partial charge < -0.3 is 18.8 Å². The van der Waals surface area contributed by atoms with Gasteiger partial charge in [0.1, 0.15) is 16.4 Å². The maximum Gasteiger partial charge on any atom is 0.339 e. The highest BCUT2D eigenvalue weighted by molar-refractivity contribution is 7.87. The zero-order valence-electron chi connectivity index (χ0n) is 20.1. The molecule has 0 aliphatic rings. The average molecular weight is 573 g/mol. The maximum atomic E-state index is 13.5. The summed E-state index contributed by atoms with van der Waals surface area (Å²) in [7, 11) is -4.26. The first-order valence-corrected chi connectivity index (χ1v) is 13.5. The van der Waals surface area contributed by atoms with E-state index in [0.29, 0.717) is 22.0 Å². The zero-order valence-corrected chi connectivity index (χ0v) is 22.4. The molecule has 0 unspecified atom stereocenters. The Bertz CT molecular complexity index is 1550. The highest BCUT2D eigenvalue weighted by Gasteiger charge is 2.24. The molecule has 3 aromatic carbocycles. The molecule has 0 spiro atoms. The number of halogens is 2. The zero-order chi connectivity index (χ0) is 27.3. The smallest absolute Gasteiger partial charge is 0.339 e. The monoisotopic (exact) mass is 572 g/mol. The van der Waals surface area contributed by atoms with Gasteiger partial charge in [-0.05, 0) is 66.7 Å². The molecule has 0 bridgehead atoms. The molecule has 8 nitrogen and oxygen atoms in total. The second-order valence-electron chi connectivity index (χ2n) is 8.22. The van der Waals surface area contributed by atoms with E-state index in [0.717, 1.165) is 0 Å². The first-order chi connectivity index (χ1) is 18.1. The summed E-state index contributed by atoms with van der Waals surface area (Å²) in [6.07, 6.45) is 1.49. The van der Waals surface area contributed by atoms with Crippen molar-refractivity contribution >= 4 is 50.8 Å². The number of hydrogen-bond acceptors (Lipinski definition) is 6. The van der Waals surface area contributed by atoms with E-state index in [1.165, 1.54) is 60.6 Å². The fraction of sp³-hybridized carbons (Fsp3) is 0.111. The molecule has 0 fully saturated rings. The second-order valence-corrected chi connectivity index (χ2v) is 10.6. The van der Waals surface area contributed by atoms with Crippen molar-refractivity contribution < 1.29 is 26.6 Å². The molecule has 11 heteroatoms. The van der Waals surface area contributed by atoms with Crippen molar-refractivity contribution in [3.8, 4) is 5.75 Å². The molecule has 1 N–H and O–H groups in total. The Labute approximate surface area is 229 Å². The third kappa shape index (κ3) is 6.74. The van der Waals surface area contributed by atoms with E-state index in [1.54, 1.807) is 36.4 Å². The van der Waals surface area contributed by atoms with Crippen LogP contribution in [0.1, 0.15) is 28.6 Å². The molecular formula is C27H22Cl2N2O6S. The van der Waals surface area contributed by atoms with E-state index in [4.69, 9.17) is 31.8 Å². The van der Waals surface area contributed by atoms with Gasteiger partial charge in [-0.25, -0.2) is 0 Å². The topological polar surface area (TPSA) is 106 Å². The minimum atomic E-state index is -4.26. The van der Waals surface area contributed by atoms with Crippen LogP contribution in [0.15, 0.2) is 94.4 Å². The van der Waals surface area contributed by atoms with Crippen molar-refractivity contribution in [2.24, 2.45) is 0 Å². The molecule has 0 saturated carbocycles. The van der Waals surface area contributed by atoms with Crippen LogP contribution in [0.5, 0.6) is 5.75 Å². The lowest BCUT2D eigenvalue weighted by Crippen LogP contribution is -2.30. The molecule has 4 rings (SSSR count). The van der Waals surface area contributed by atoms with Crippen LogP contribution in [-0.4, -0.2) is 25.1 Å². The summed E-state index contributed by atoms with van der Waals surface area (Å²) in [6, 6.07) is 20.0. The van der Waals surface area contributed by atoms with Crippen molar-refractivity contribution in [3.63, 3.8) is 0 Å². The lowest BCUT2D eigenvalue weighted by molar-refractivity contribution is -0.114. The summed E-state index contributed by atoms with van der Waals surface area (Å²) in [6.45, 7) is 1.37. The normalized spacial score (nSPS) is 11.1. The Balaban J connectivity index is 1.65. The van der Waals surface area contributed by atoms with Crippen LogP contribution in [0, 0.1) is 0 Å². The number of furan rings is 1. The van der Waals surface area contributed by atoms with Crippen LogP contribution in [-0.2, 0) is 28.0 Å². The molecule has 2 amide bonds. The molecule has 0 atom stereocenters. The standard InChI is InChI=1S/C27H22Cl2N2O6S/c1-18(32)30-21-9-11-23(12-10-21)38(34,35)37-26-13-8-20(28)15-19(26)16-31(17-22-5-4-14-36-22)27(33)24-6-2-3-7-25(24)29/h2-15H,16-17H2,1H3,(H,30,32). The van der Waals surface area contributed by atoms with Gasteiger partial charge in [0.2, 0.25) is 5.91 Å². The van der Waals surface area contributed by atoms with Crippen LogP contribution in [0.4, 0.5) is 5.69 Å². The van der Waals surface area contributed by atoms with Crippen molar-refractivity contribution in [3.05, 3.63) is 112 Å². The molecule has 1 aromatic heterocycles. The summed E-state index contributed by atoms with van der Waals surface area (Å²) in [5, 5.41) is 3.17. The van der Waals surface area contributed by atoms with Crippen LogP contribution in [0.3, 0.4) is 0 Å². The molecule has 0 saturated heterocycles. The number of carbonyl (C=O) groups is 2. The number of rotatable bonds is 9. The van der Waals surface area contributed by atoms with Gasteiger partial charge in [-0.3, -0.25) is 9.59 Å². The quantitative estimate of drug-likeness (QED) is 0.241. The summed E-state index contributed by atoms with van der Waals surface area (Å²) in [4.78, 5) is 26.1. The molecule has 1 heterocycles. The Morgan fingerprint density at radius 3 is 2.34 bits per heavy atom. The molecule has 0 aliphatic carbocycles. The first-order valence-electron chi connectivity index (χ1n) is 11.3. The van der Waals surface area contributed by atoms with Gasteiger partial charge in [-0.15, -0.1) is 0 Å². The van der Waals surface area contributed by atoms with E-state index >= 15 is 0 Å². The van der Waals surface area contributed by atoms with Crippen LogP contribution in [0.25, 0.3) is 0 Å². The third-order valence-electron chi connectivity index (χ3n) is 5.36. The molecule has 196 valence electrons. The van der Waals surface area contributed by atoms with Crippen molar-refractivity contribution in [1.29, 1.82) is 0 Å². The number of hydrogen-bond donors (Lipinski definition) is 1. The average Bonchev–Trinajstić information content (AvgIpc) is 3.38. The second kappa shape index (κ2) is 11.7. The fourth-order valence-electron chi connectivity index (χ4n) is 3.63. The number of anilines is 1. The summed E-state index contributed by atoms with van der Waals surface area (Å²) in [5.41, 5.74) is 1.07. The highest BCUT2D eigenvalue weighted by Crippen LogP contribution is 2.29. The van der Waals surface area contributed by atoms with Gasteiger partial charge >= 0.3 is 10.1 Å². The Morgan fingerprint density at radius 2 is 1.68 bits per heavy atom. The van der Waals surface area contributed by atoms with E-state index in [-0.39, 0.29) is 40.2 Å². The molecule has 4 aromatic rings. The molecule has 0 aliphatic heterocycles. The van der Waals surface area contributed by atoms with E-state index < -0.39 is 16.0 Å². The number of carbonyl (C=O) groups excluding carboxylic acids is 2. The van der Waals surface area contributed by atoms with E-state index in [9.17, 15) is 18.0 Å². The van der Waals surface area contributed by atoms with E-state index in [1.807, 2.05) is 0 Å². The summed E-state index contributed by atoms with van der Waals surface area (Å²) >= 11 is 12.5. The van der Waals surface area contributed by atoms with Gasteiger partial charge in [0.15, 0.2) is 0 Å². The lowest BCUT2D eigenvalue weighted by Gasteiger charge is -2.24. The predicted molar refractivity (Wildman–Crippen MR) is 144 cm³/mol. The maximum absolute atomic E-state index is 13.5. The number of amides is 2. The van der Waals surface area contributed by atoms with Crippen molar-refractivity contribution in [2.75, 3.05) is 5.32 Å². The first kappa shape index (κ1) is 27.3. The van der Waals surface area contributed by atoms with Crippen LogP contribution in [0.2, 0.25) is 10.0 Å². The van der Waals surface area contributed by atoms with Crippen molar-refractivity contribution in [2.45, 2.75) is 24.9 Å². The number of benzene rings is 3. The minimum Gasteiger partial charge on any atom is -0.467 e. The minimum absolute atomic E-state index is 0.00302. The van der Waals surface area contributed by atoms with Crippen molar-refractivity contribution in [1.82, 2.24) is 4.90 Å². The van der Waals surface area contributed by atoms with Gasteiger partial charge in [0, 0.05) is 23.2 Å². The highest BCUT2D eigenvalue weighted by atomic mass is 35.5. The lowest BCUT2D eigenvalue weighted by atomic mass is 10.1. The Kier molecular flexibility index (Phi) is 8.41. The predicted octanol–water partition coefficient (Wildman–Crippen LogP) is 6.16. The van der Waals surface area contributed by atoms with Crippen LogP contribution >= 0.6 is 23.2 Å². The number of nitrogens with zero attached hydrogens (tertiary/aromatic N) is 1. The van der Waals surface area contributed by atoms with Gasteiger partial charge in [-0.2, -0.15) is 8.42 Å². The molecule has 38 heavy (non-hydrogen) atoms. The molecular weight excluding hydrogens is 551 g/mol. The van der Waals surface area contributed by atoms with Gasteiger partial charge in [0.25, 0.3) is 5.91 Å². The number of nitrogens with one attached hydrogen (secondary N) is 1. The summed E-state index contributed by atoms with van der Waals surface area (Å²) in [5.74, 6) is -0.166. The Morgan fingerprint density at radius 1 is 0.947 bits per heavy atom. The Hall–Kier alpha value is -3.79. The van der Waals surface area contributed by atoms with Crippen LogP contribution < -0.4 is 9.50 Å².